The summed E-state index contributed by atoms with van der Waals surface area (Å²) < 4.78 is 78.9. The molecule has 0 spiro atoms. The van der Waals surface area contributed by atoms with E-state index in [1.54, 1.807) is 13.8 Å². The first-order chi connectivity index (χ1) is 16.4. The topological polar surface area (TPSA) is 104 Å². The number of benzene rings is 2. The number of primary amides is 1. The zero-order valence-electron chi connectivity index (χ0n) is 18.2. The van der Waals surface area contributed by atoms with Gasteiger partial charge in [-0.05, 0) is 50.2 Å². The highest BCUT2D eigenvalue weighted by Crippen LogP contribution is 2.35. The molecule has 0 atom stereocenters. The molecule has 0 radical (unpaired) electrons. The predicted octanol–water partition coefficient (Wildman–Crippen LogP) is 5.31. The normalized spacial score (nSPS) is 11.3. The van der Waals surface area contributed by atoms with Crippen LogP contribution in [0.15, 0.2) is 48.7 Å². The fourth-order valence-electron chi connectivity index (χ4n) is 2.84. The molecule has 2 aromatic carbocycles. The Labute approximate surface area is 195 Å². The molecule has 1 heterocycles. The second kappa shape index (κ2) is 9.95. The predicted molar refractivity (Wildman–Crippen MR) is 114 cm³/mol. The fraction of sp³-hybridized carbons (Fsp3) is 0.174. The smallest absolute Gasteiger partial charge is 0.417 e. The number of amides is 2. The monoisotopic (exact) mass is 495 g/mol. The highest BCUT2D eigenvalue weighted by molar-refractivity contribution is 6.06. The van der Waals surface area contributed by atoms with Gasteiger partial charge in [0.2, 0.25) is 23.4 Å². The zero-order valence-corrected chi connectivity index (χ0v) is 18.2. The van der Waals surface area contributed by atoms with Crippen LogP contribution in [0.1, 0.15) is 40.1 Å². The van der Waals surface area contributed by atoms with Crippen LogP contribution in [0, 0.1) is 11.6 Å². The van der Waals surface area contributed by atoms with Crippen molar-refractivity contribution in [2.24, 2.45) is 5.73 Å². The van der Waals surface area contributed by atoms with E-state index in [0.29, 0.717) is 12.3 Å². The summed E-state index contributed by atoms with van der Waals surface area (Å²) in [5, 5.41) is 2.29. The van der Waals surface area contributed by atoms with Gasteiger partial charge in [0.1, 0.15) is 5.56 Å². The molecule has 0 fully saturated rings. The Hall–Kier alpha value is -4.22. The maximum absolute atomic E-state index is 14.5. The van der Waals surface area contributed by atoms with Crippen LogP contribution in [0.4, 0.5) is 27.6 Å². The third kappa shape index (κ3) is 6.02. The number of rotatable bonds is 7. The highest BCUT2D eigenvalue weighted by atomic mass is 19.4. The molecule has 0 aliphatic heterocycles. The molecule has 0 aliphatic rings. The van der Waals surface area contributed by atoms with E-state index in [2.05, 4.69) is 10.3 Å². The molecule has 2 amide bonds. The van der Waals surface area contributed by atoms with Crippen LogP contribution in [-0.2, 0) is 6.18 Å². The van der Waals surface area contributed by atoms with E-state index in [-0.39, 0.29) is 11.3 Å². The van der Waals surface area contributed by atoms with E-state index in [1.165, 1.54) is 24.3 Å². The number of ether oxygens (including phenoxy) is 2. The molecule has 0 saturated carbocycles. The number of anilines is 1. The van der Waals surface area contributed by atoms with E-state index in [4.69, 9.17) is 15.2 Å². The lowest BCUT2D eigenvalue weighted by atomic mass is 10.1. The first-order valence-electron chi connectivity index (χ1n) is 9.97. The Morgan fingerprint density at radius 1 is 1.03 bits per heavy atom. The SMILES string of the molecule is CC(C)Oc1ccc(Oc2ncc(C(F)(F)F)cc2C(=O)Nc2cccc(C(N)=O)c2)c(F)c1F. The van der Waals surface area contributed by atoms with E-state index in [9.17, 15) is 31.5 Å². The van der Waals surface area contributed by atoms with Gasteiger partial charge in [-0.2, -0.15) is 22.0 Å². The summed E-state index contributed by atoms with van der Waals surface area (Å²) >= 11 is 0. The standard InChI is InChI=1S/C23H18F5N3O4/c1-11(2)34-16-6-7-17(19(25)18(16)24)35-22-15(9-13(10-30-22)23(26,27)28)21(33)31-14-5-3-4-12(8-14)20(29)32/h3-11H,1-2H3,(H2,29,32)(H,31,33). The molecule has 184 valence electrons. The second-order valence-electron chi connectivity index (χ2n) is 7.43. The van der Waals surface area contributed by atoms with Gasteiger partial charge in [-0.15, -0.1) is 0 Å². The van der Waals surface area contributed by atoms with Gasteiger partial charge in [-0.1, -0.05) is 6.07 Å². The van der Waals surface area contributed by atoms with Crippen molar-refractivity contribution in [3.63, 3.8) is 0 Å². The molecule has 0 aliphatic carbocycles. The van der Waals surface area contributed by atoms with Gasteiger partial charge in [0.15, 0.2) is 11.5 Å². The zero-order chi connectivity index (χ0) is 25.9. The Morgan fingerprint density at radius 3 is 2.31 bits per heavy atom. The Balaban J connectivity index is 2.00. The van der Waals surface area contributed by atoms with Crippen molar-refractivity contribution in [1.29, 1.82) is 0 Å². The average Bonchev–Trinajstić information content (AvgIpc) is 2.78. The number of halogens is 5. The summed E-state index contributed by atoms with van der Waals surface area (Å²) in [6.07, 6.45) is -4.94. The molecule has 3 aromatic rings. The third-order valence-electron chi connectivity index (χ3n) is 4.41. The Morgan fingerprint density at radius 2 is 1.69 bits per heavy atom. The van der Waals surface area contributed by atoms with Crippen molar-refractivity contribution in [2.45, 2.75) is 26.1 Å². The minimum absolute atomic E-state index is 0.0297. The molecular formula is C23H18F5N3O4. The summed E-state index contributed by atoms with van der Waals surface area (Å²) in [6.45, 7) is 3.19. The van der Waals surface area contributed by atoms with Gasteiger partial charge in [-0.3, -0.25) is 9.59 Å². The molecule has 0 saturated heterocycles. The van der Waals surface area contributed by atoms with Crippen molar-refractivity contribution in [3.8, 4) is 17.4 Å². The lowest BCUT2D eigenvalue weighted by molar-refractivity contribution is -0.137. The summed E-state index contributed by atoms with van der Waals surface area (Å²) in [6, 6.07) is 7.79. The lowest BCUT2D eigenvalue weighted by Gasteiger charge is -2.15. The van der Waals surface area contributed by atoms with Crippen molar-refractivity contribution in [3.05, 3.63) is 77.0 Å². The summed E-state index contributed by atoms with van der Waals surface area (Å²) in [4.78, 5) is 27.6. The third-order valence-corrected chi connectivity index (χ3v) is 4.41. The van der Waals surface area contributed by atoms with Crippen LogP contribution in [-0.4, -0.2) is 22.9 Å². The second-order valence-corrected chi connectivity index (χ2v) is 7.43. The molecule has 0 unspecified atom stereocenters. The number of carbonyl (C=O) groups is 2. The van der Waals surface area contributed by atoms with Crippen LogP contribution in [0.25, 0.3) is 0 Å². The van der Waals surface area contributed by atoms with Gasteiger partial charge in [0, 0.05) is 17.4 Å². The van der Waals surface area contributed by atoms with Gasteiger partial charge in [0.25, 0.3) is 5.91 Å². The number of pyridine rings is 1. The number of hydrogen-bond acceptors (Lipinski definition) is 5. The van der Waals surface area contributed by atoms with Crippen LogP contribution < -0.4 is 20.5 Å². The van der Waals surface area contributed by atoms with Crippen LogP contribution in [0.3, 0.4) is 0 Å². The molecule has 0 bridgehead atoms. The average molecular weight is 495 g/mol. The molecule has 3 rings (SSSR count). The van der Waals surface area contributed by atoms with Crippen molar-refractivity contribution in [1.82, 2.24) is 4.98 Å². The molecule has 7 nitrogen and oxygen atoms in total. The molecule has 1 aromatic heterocycles. The number of hydrogen-bond donors (Lipinski definition) is 2. The highest BCUT2D eigenvalue weighted by Gasteiger charge is 2.33. The maximum atomic E-state index is 14.5. The van der Waals surface area contributed by atoms with E-state index in [1.807, 2.05) is 0 Å². The van der Waals surface area contributed by atoms with E-state index in [0.717, 1.165) is 12.1 Å². The van der Waals surface area contributed by atoms with Gasteiger partial charge >= 0.3 is 6.18 Å². The number of nitrogens with two attached hydrogens (primary N) is 1. The number of carbonyl (C=O) groups excluding carboxylic acids is 2. The van der Waals surface area contributed by atoms with Crippen molar-refractivity contribution in [2.75, 3.05) is 5.32 Å². The van der Waals surface area contributed by atoms with Gasteiger partial charge < -0.3 is 20.5 Å². The number of aromatic nitrogens is 1. The maximum Gasteiger partial charge on any atom is 0.417 e. The number of nitrogens with one attached hydrogen (secondary N) is 1. The number of alkyl halides is 3. The van der Waals surface area contributed by atoms with Gasteiger partial charge in [-0.25, -0.2) is 4.98 Å². The summed E-state index contributed by atoms with van der Waals surface area (Å²) in [5.74, 6) is -6.68. The first kappa shape index (κ1) is 25.4. The quantitative estimate of drug-likeness (QED) is 0.433. The van der Waals surface area contributed by atoms with Crippen molar-refractivity contribution < 1.29 is 41.0 Å². The first-order valence-corrected chi connectivity index (χ1v) is 9.97. The van der Waals surface area contributed by atoms with E-state index < -0.39 is 64.2 Å². The van der Waals surface area contributed by atoms with Gasteiger partial charge in [0.05, 0.1) is 11.7 Å². The summed E-state index contributed by atoms with van der Waals surface area (Å²) in [7, 11) is 0. The minimum Gasteiger partial charge on any atom is -0.488 e. The molecule has 12 heteroatoms. The number of nitrogens with zero attached hydrogens (tertiary/aromatic N) is 1. The molecular weight excluding hydrogens is 477 g/mol. The molecule has 35 heavy (non-hydrogen) atoms. The Kier molecular flexibility index (Phi) is 7.22. The Bertz CT molecular complexity index is 1280. The largest absolute Gasteiger partial charge is 0.488 e. The van der Waals surface area contributed by atoms with Crippen LogP contribution >= 0.6 is 0 Å². The lowest BCUT2D eigenvalue weighted by Crippen LogP contribution is -2.17. The summed E-state index contributed by atoms with van der Waals surface area (Å²) in [5.41, 5.74) is 3.23. The van der Waals surface area contributed by atoms with E-state index >= 15 is 0 Å². The van der Waals surface area contributed by atoms with Crippen molar-refractivity contribution >= 4 is 17.5 Å². The molecule has 3 N–H and O–H groups in total. The fourth-order valence-corrected chi connectivity index (χ4v) is 2.84. The minimum atomic E-state index is -4.86. The van der Waals surface area contributed by atoms with Crippen LogP contribution in [0.2, 0.25) is 0 Å². The van der Waals surface area contributed by atoms with Crippen LogP contribution in [0.5, 0.6) is 17.4 Å².